The molecule has 14 heavy (non-hydrogen) atoms. The van der Waals surface area contributed by atoms with Crippen molar-refractivity contribution in [2.45, 2.75) is 18.8 Å². The van der Waals surface area contributed by atoms with Crippen LogP contribution in [0.1, 0.15) is 24.5 Å². The molecule has 0 bridgehead atoms. The zero-order chi connectivity index (χ0) is 9.76. The average molecular weight is 186 g/mol. The molecule has 0 spiro atoms. The largest absolute Gasteiger partial charge is 0.392 e. The first kappa shape index (κ1) is 8.25. The standard InChI is InChI=1S/C13H14O/c1-13-7-12(13)10(8-14)6-9-4-2-3-5-11(9)13/h2-6,12,14H,7-8H2,1H3. The van der Waals surface area contributed by atoms with Crippen molar-refractivity contribution in [3.8, 4) is 0 Å². The van der Waals surface area contributed by atoms with Crippen molar-refractivity contribution in [2.24, 2.45) is 5.92 Å². The summed E-state index contributed by atoms with van der Waals surface area (Å²) in [6, 6.07) is 8.54. The molecule has 1 aromatic carbocycles. The highest BCUT2D eigenvalue weighted by atomic mass is 16.3. The monoisotopic (exact) mass is 186 g/mol. The maximum Gasteiger partial charge on any atom is 0.0648 e. The van der Waals surface area contributed by atoms with E-state index in [2.05, 4.69) is 37.3 Å². The normalized spacial score (nSPS) is 33.0. The summed E-state index contributed by atoms with van der Waals surface area (Å²) in [6.45, 7) is 2.52. The fourth-order valence-corrected chi connectivity index (χ4v) is 2.80. The summed E-state index contributed by atoms with van der Waals surface area (Å²) in [5.74, 6) is 0.599. The lowest BCUT2D eigenvalue weighted by Gasteiger charge is -2.21. The Morgan fingerprint density at radius 3 is 3.00 bits per heavy atom. The summed E-state index contributed by atoms with van der Waals surface area (Å²) in [7, 11) is 0. The molecule has 1 fully saturated rings. The van der Waals surface area contributed by atoms with Crippen molar-refractivity contribution in [1.29, 1.82) is 0 Å². The van der Waals surface area contributed by atoms with Crippen molar-refractivity contribution in [2.75, 3.05) is 6.61 Å². The average Bonchev–Trinajstić information content (AvgIpc) is 2.90. The fourth-order valence-electron chi connectivity index (χ4n) is 2.80. The van der Waals surface area contributed by atoms with E-state index in [0.29, 0.717) is 11.3 Å². The molecule has 1 aromatic rings. The first-order valence-electron chi connectivity index (χ1n) is 5.16. The minimum Gasteiger partial charge on any atom is -0.392 e. The number of benzene rings is 1. The van der Waals surface area contributed by atoms with Crippen LogP contribution in [0.25, 0.3) is 6.08 Å². The number of hydrogen-bond donors (Lipinski definition) is 1. The van der Waals surface area contributed by atoms with Crippen LogP contribution in [-0.4, -0.2) is 11.7 Å². The van der Waals surface area contributed by atoms with Crippen LogP contribution in [0.2, 0.25) is 0 Å². The molecule has 3 rings (SSSR count). The van der Waals surface area contributed by atoms with Gasteiger partial charge in [-0.15, -0.1) is 0 Å². The Hall–Kier alpha value is -1.08. The SMILES string of the molecule is CC12CC1C(CO)=Cc1ccccc12. The van der Waals surface area contributed by atoms with Crippen LogP contribution < -0.4 is 0 Å². The van der Waals surface area contributed by atoms with Gasteiger partial charge in [0.1, 0.15) is 0 Å². The van der Waals surface area contributed by atoms with E-state index in [4.69, 9.17) is 0 Å². The zero-order valence-corrected chi connectivity index (χ0v) is 8.33. The van der Waals surface area contributed by atoms with Gasteiger partial charge in [0.15, 0.2) is 0 Å². The molecule has 2 aliphatic rings. The predicted octanol–water partition coefficient (Wildman–Crippen LogP) is 2.35. The second-order valence-electron chi connectivity index (χ2n) is 4.64. The number of fused-ring (bicyclic) bond motifs is 3. The van der Waals surface area contributed by atoms with Crippen molar-refractivity contribution < 1.29 is 5.11 Å². The molecule has 1 saturated carbocycles. The first-order chi connectivity index (χ1) is 6.75. The van der Waals surface area contributed by atoms with Gasteiger partial charge in [0.2, 0.25) is 0 Å². The van der Waals surface area contributed by atoms with Crippen LogP contribution >= 0.6 is 0 Å². The van der Waals surface area contributed by atoms with E-state index >= 15 is 0 Å². The Labute approximate surface area is 84.1 Å². The highest BCUT2D eigenvalue weighted by Crippen LogP contribution is 2.60. The maximum atomic E-state index is 9.26. The third-order valence-electron chi connectivity index (χ3n) is 3.78. The van der Waals surface area contributed by atoms with E-state index in [1.807, 2.05) is 0 Å². The molecule has 1 heteroatoms. The summed E-state index contributed by atoms with van der Waals surface area (Å²) in [6.07, 6.45) is 3.37. The Morgan fingerprint density at radius 1 is 1.43 bits per heavy atom. The van der Waals surface area contributed by atoms with Crippen LogP contribution in [0.4, 0.5) is 0 Å². The molecular weight excluding hydrogens is 172 g/mol. The molecule has 1 N–H and O–H groups in total. The smallest absolute Gasteiger partial charge is 0.0648 e. The van der Waals surface area contributed by atoms with Gasteiger partial charge < -0.3 is 5.11 Å². The van der Waals surface area contributed by atoms with E-state index in [1.165, 1.54) is 23.1 Å². The Bertz CT molecular complexity index is 419. The highest BCUT2D eigenvalue weighted by molar-refractivity contribution is 5.66. The second-order valence-corrected chi connectivity index (χ2v) is 4.64. The van der Waals surface area contributed by atoms with Crippen molar-refractivity contribution in [3.05, 3.63) is 41.0 Å². The summed E-state index contributed by atoms with van der Waals surface area (Å²) in [4.78, 5) is 0. The third kappa shape index (κ3) is 0.881. The topological polar surface area (TPSA) is 20.2 Å². The van der Waals surface area contributed by atoms with Gasteiger partial charge in [-0.1, -0.05) is 37.3 Å². The molecule has 2 unspecified atom stereocenters. The molecule has 2 atom stereocenters. The summed E-state index contributed by atoms with van der Waals surface area (Å²) >= 11 is 0. The minimum absolute atomic E-state index is 0.217. The van der Waals surface area contributed by atoms with Gasteiger partial charge in [-0.25, -0.2) is 0 Å². The molecule has 0 saturated heterocycles. The molecule has 1 nitrogen and oxygen atoms in total. The molecule has 0 aliphatic heterocycles. The van der Waals surface area contributed by atoms with Gasteiger partial charge in [-0.05, 0) is 29.0 Å². The second kappa shape index (κ2) is 2.48. The minimum atomic E-state index is 0.217. The molecule has 0 radical (unpaired) electrons. The van der Waals surface area contributed by atoms with Crippen LogP contribution in [0.3, 0.4) is 0 Å². The number of aliphatic hydroxyl groups excluding tert-OH is 1. The van der Waals surface area contributed by atoms with E-state index in [-0.39, 0.29) is 6.61 Å². The van der Waals surface area contributed by atoms with Gasteiger partial charge in [-0.2, -0.15) is 0 Å². The maximum absolute atomic E-state index is 9.26. The Kier molecular flexibility index (Phi) is 1.46. The predicted molar refractivity (Wildman–Crippen MR) is 57.0 cm³/mol. The Morgan fingerprint density at radius 2 is 2.21 bits per heavy atom. The summed E-state index contributed by atoms with van der Waals surface area (Å²) in [5, 5.41) is 9.26. The molecule has 0 aromatic heterocycles. The molecule has 2 aliphatic carbocycles. The molecule has 0 amide bonds. The van der Waals surface area contributed by atoms with Gasteiger partial charge >= 0.3 is 0 Å². The highest BCUT2D eigenvalue weighted by Gasteiger charge is 2.55. The van der Waals surface area contributed by atoms with Gasteiger partial charge in [0.05, 0.1) is 6.61 Å². The van der Waals surface area contributed by atoms with Gasteiger partial charge in [0.25, 0.3) is 0 Å². The fraction of sp³-hybridized carbons (Fsp3) is 0.385. The van der Waals surface area contributed by atoms with Gasteiger partial charge in [0, 0.05) is 5.41 Å². The molecule has 0 heterocycles. The lowest BCUT2D eigenvalue weighted by atomic mass is 9.84. The summed E-state index contributed by atoms with van der Waals surface area (Å²) in [5.41, 5.74) is 4.30. The quantitative estimate of drug-likeness (QED) is 0.713. The third-order valence-corrected chi connectivity index (χ3v) is 3.78. The number of aliphatic hydroxyl groups is 1. The van der Waals surface area contributed by atoms with Crippen molar-refractivity contribution in [3.63, 3.8) is 0 Å². The van der Waals surface area contributed by atoms with E-state index in [9.17, 15) is 5.11 Å². The Balaban J connectivity index is 2.20. The summed E-state index contributed by atoms with van der Waals surface area (Å²) < 4.78 is 0. The zero-order valence-electron chi connectivity index (χ0n) is 8.33. The first-order valence-corrected chi connectivity index (χ1v) is 5.16. The van der Waals surface area contributed by atoms with E-state index in [1.54, 1.807) is 0 Å². The van der Waals surface area contributed by atoms with Crippen molar-refractivity contribution >= 4 is 6.08 Å². The van der Waals surface area contributed by atoms with Crippen LogP contribution in [0.5, 0.6) is 0 Å². The number of rotatable bonds is 1. The van der Waals surface area contributed by atoms with Crippen molar-refractivity contribution in [1.82, 2.24) is 0 Å². The lowest BCUT2D eigenvalue weighted by molar-refractivity contribution is 0.323. The van der Waals surface area contributed by atoms with Gasteiger partial charge in [-0.3, -0.25) is 0 Å². The molecular formula is C13H14O. The molecule has 72 valence electrons. The number of hydrogen-bond acceptors (Lipinski definition) is 1. The van der Waals surface area contributed by atoms with Crippen LogP contribution in [-0.2, 0) is 5.41 Å². The van der Waals surface area contributed by atoms with Crippen LogP contribution in [0.15, 0.2) is 29.8 Å². The van der Waals surface area contributed by atoms with Crippen LogP contribution in [0, 0.1) is 5.92 Å². The van der Waals surface area contributed by atoms with E-state index < -0.39 is 0 Å². The lowest BCUT2D eigenvalue weighted by Crippen LogP contribution is -2.13. The van der Waals surface area contributed by atoms with E-state index in [0.717, 1.165) is 0 Å².